The van der Waals surface area contributed by atoms with Crippen LogP contribution in [0.4, 0.5) is 0 Å². The Balaban J connectivity index is -0.000000241. The van der Waals surface area contributed by atoms with E-state index in [1.54, 1.807) is 0 Å². The van der Waals surface area contributed by atoms with Crippen molar-refractivity contribution in [1.29, 1.82) is 0 Å². The van der Waals surface area contributed by atoms with E-state index in [4.69, 9.17) is 5.11 Å². The molecule has 0 aliphatic heterocycles. The van der Waals surface area contributed by atoms with Gasteiger partial charge >= 0.3 is 109 Å². The second-order valence-corrected chi connectivity index (χ2v) is 5.39. The predicted octanol–water partition coefficient (Wildman–Crippen LogP) is -0.215. The fraction of sp³-hybridized carbons (Fsp3) is 0.938. The number of aliphatic carboxylic acids is 1. The van der Waals surface area contributed by atoms with Crippen molar-refractivity contribution >= 4 is 5.97 Å². The molecule has 2 nitrogen and oxygen atoms in total. The van der Waals surface area contributed by atoms with Gasteiger partial charge in [-0.2, -0.15) is 0 Å². The fourth-order valence-electron chi connectivity index (χ4n) is 2.29. The van der Waals surface area contributed by atoms with Crippen LogP contribution in [0, 0.1) is 0 Å². The van der Waals surface area contributed by atoms with Crippen molar-refractivity contribution in [2.75, 3.05) is 0 Å². The van der Waals surface area contributed by atoms with Crippen LogP contribution in [0.5, 0.6) is 0 Å². The molecular formula is C16H34K2O2. The molecule has 0 heterocycles. The fourth-order valence-corrected chi connectivity index (χ4v) is 2.29. The SMILES string of the molecule is CCCCCCCCCCCCCCCC(=O)O.[H-].[H-].[K+].[K+]. The van der Waals surface area contributed by atoms with E-state index in [-0.39, 0.29) is 106 Å². The van der Waals surface area contributed by atoms with Crippen LogP contribution in [-0.4, -0.2) is 11.1 Å². The number of rotatable bonds is 14. The third-order valence-corrected chi connectivity index (χ3v) is 3.49. The molecule has 0 aliphatic rings. The van der Waals surface area contributed by atoms with Crippen molar-refractivity contribution in [1.82, 2.24) is 0 Å². The van der Waals surface area contributed by atoms with Crippen molar-refractivity contribution in [2.45, 2.75) is 96.8 Å². The number of carbonyl (C=O) groups is 1. The van der Waals surface area contributed by atoms with Gasteiger partial charge in [-0.1, -0.05) is 84.0 Å². The van der Waals surface area contributed by atoms with E-state index >= 15 is 0 Å². The number of carboxylic acid groups (broad SMARTS) is 1. The van der Waals surface area contributed by atoms with E-state index in [1.165, 1.54) is 70.6 Å². The monoisotopic (exact) mass is 336 g/mol. The Labute approximate surface area is 214 Å². The van der Waals surface area contributed by atoms with Gasteiger partial charge in [0, 0.05) is 6.42 Å². The molecule has 1 N–H and O–H groups in total. The predicted molar refractivity (Wildman–Crippen MR) is 80.2 cm³/mol. The van der Waals surface area contributed by atoms with Gasteiger partial charge < -0.3 is 7.96 Å². The Kier molecular flexibility index (Phi) is 33.1. The Morgan fingerprint density at radius 2 is 1.00 bits per heavy atom. The third kappa shape index (κ3) is 25.7. The first kappa shape index (κ1) is 27.6. The maximum absolute atomic E-state index is 10.3. The molecule has 0 aliphatic carbocycles. The van der Waals surface area contributed by atoms with Gasteiger partial charge in [0.15, 0.2) is 0 Å². The molecule has 0 spiro atoms. The molecule has 0 aromatic carbocycles. The summed E-state index contributed by atoms with van der Waals surface area (Å²) >= 11 is 0. The molecule has 0 radical (unpaired) electrons. The first-order valence-corrected chi connectivity index (χ1v) is 7.99. The molecule has 0 bridgehead atoms. The van der Waals surface area contributed by atoms with E-state index in [0.29, 0.717) is 6.42 Å². The molecule has 0 rings (SSSR count). The third-order valence-electron chi connectivity index (χ3n) is 3.49. The van der Waals surface area contributed by atoms with Gasteiger partial charge in [-0.3, -0.25) is 4.79 Å². The van der Waals surface area contributed by atoms with Crippen molar-refractivity contribution in [3.63, 3.8) is 0 Å². The molecule has 0 fully saturated rings. The Morgan fingerprint density at radius 3 is 1.30 bits per heavy atom. The molecule has 112 valence electrons. The second kappa shape index (κ2) is 24.0. The first-order valence-electron chi connectivity index (χ1n) is 7.99. The molecule has 0 amide bonds. The minimum Gasteiger partial charge on any atom is -1.00 e. The maximum atomic E-state index is 10.3. The van der Waals surface area contributed by atoms with Crippen molar-refractivity contribution in [2.24, 2.45) is 0 Å². The molecule has 0 atom stereocenters. The van der Waals surface area contributed by atoms with Crippen LogP contribution in [0.1, 0.15) is 99.7 Å². The summed E-state index contributed by atoms with van der Waals surface area (Å²) in [5, 5.41) is 8.49. The normalized spacial score (nSPS) is 9.65. The molecule has 20 heavy (non-hydrogen) atoms. The van der Waals surface area contributed by atoms with Crippen LogP contribution in [-0.2, 0) is 4.79 Å². The number of carboxylic acids is 1. The molecule has 0 unspecified atom stereocenters. The van der Waals surface area contributed by atoms with Crippen LogP contribution in [0.25, 0.3) is 0 Å². The average molecular weight is 337 g/mol. The summed E-state index contributed by atoms with van der Waals surface area (Å²) in [6, 6.07) is 0. The van der Waals surface area contributed by atoms with E-state index in [0.717, 1.165) is 12.8 Å². The molecule has 0 saturated carbocycles. The van der Waals surface area contributed by atoms with Gasteiger partial charge in [0.2, 0.25) is 0 Å². The smallest absolute Gasteiger partial charge is 1.00 e. The standard InChI is InChI=1S/C16H32O2.2K.2H/c1-2-3-4-5-6-7-8-9-10-11-12-13-14-15-16(17)18;;;;/h2-15H2,1H3,(H,17,18);;;;/q;2*+1;2*-1. The molecule has 0 saturated heterocycles. The van der Waals surface area contributed by atoms with E-state index in [1.807, 2.05) is 0 Å². The summed E-state index contributed by atoms with van der Waals surface area (Å²) in [6.45, 7) is 2.26. The summed E-state index contributed by atoms with van der Waals surface area (Å²) in [5.41, 5.74) is 0. The van der Waals surface area contributed by atoms with Gasteiger partial charge in [-0.05, 0) is 6.42 Å². The minimum atomic E-state index is -0.655. The van der Waals surface area contributed by atoms with Crippen LogP contribution in [0.15, 0.2) is 0 Å². The molecule has 4 heteroatoms. The van der Waals surface area contributed by atoms with E-state index < -0.39 is 5.97 Å². The summed E-state index contributed by atoms with van der Waals surface area (Å²) in [5.74, 6) is -0.655. The van der Waals surface area contributed by atoms with Crippen LogP contribution >= 0.6 is 0 Å². The summed E-state index contributed by atoms with van der Waals surface area (Å²) in [4.78, 5) is 10.3. The molecule has 0 aromatic heterocycles. The number of unbranched alkanes of at least 4 members (excludes halogenated alkanes) is 12. The number of hydrogen-bond acceptors (Lipinski definition) is 1. The molecular weight excluding hydrogens is 302 g/mol. The quantitative estimate of drug-likeness (QED) is 0.352. The largest absolute Gasteiger partial charge is 1.00 e. The summed E-state index contributed by atoms with van der Waals surface area (Å²) < 4.78 is 0. The minimum absolute atomic E-state index is 0. The Hall–Kier alpha value is 2.74. The van der Waals surface area contributed by atoms with Crippen LogP contribution in [0.3, 0.4) is 0 Å². The zero-order chi connectivity index (χ0) is 13.5. The van der Waals surface area contributed by atoms with Gasteiger partial charge in [0.1, 0.15) is 0 Å². The van der Waals surface area contributed by atoms with Gasteiger partial charge in [0.25, 0.3) is 0 Å². The maximum Gasteiger partial charge on any atom is 1.00 e. The molecule has 0 aromatic rings. The second-order valence-electron chi connectivity index (χ2n) is 5.39. The first-order chi connectivity index (χ1) is 8.77. The zero-order valence-electron chi connectivity index (χ0n) is 16.3. The zero-order valence-corrected chi connectivity index (χ0v) is 20.5. The summed E-state index contributed by atoms with van der Waals surface area (Å²) in [6.07, 6.45) is 17.3. The van der Waals surface area contributed by atoms with Gasteiger partial charge in [-0.15, -0.1) is 0 Å². The van der Waals surface area contributed by atoms with Crippen molar-refractivity contribution < 1.29 is 116 Å². The van der Waals surface area contributed by atoms with E-state index in [9.17, 15) is 4.79 Å². The van der Waals surface area contributed by atoms with Crippen molar-refractivity contribution in [3.8, 4) is 0 Å². The van der Waals surface area contributed by atoms with Crippen molar-refractivity contribution in [3.05, 3.63) is 0 Å². The van der Waals surface area contributed by atoms with Crippen LogP contribution in [0.2, 0.25) is 0 Å². The Morgan fingerprint density at radius 1 is 0.700 bits per heavy atom. The van der Waals surface area contributed by atoms with Gasteiger partial charge in [-0.25, -0.2) is 0 Å². The van der Waals surface area contributed by atoms with E-state index in [2.05, 4.69) is 6.92 Å². The summed E-state index contributed by atoms with van der Waals surface area (Å²) in [7, 11) is 0. The Bertz CT molecular complexity index is 197. The average Bonchev–Trinajstić information content (AvgIpc) is 2.34. The van der Waals surface area contributed by atoms with Crippen LogP contribution < -0.4 is 103 Å². The van der Waals surface area contributed by atoms with Gasteiger partial charge in [0.05, 0.1) is 0 Å². The topological polar surface area (TPSA) is 37.3 Å². The number of hydrogen-bond donors (Lipinski definition) is 1.